The Morgan fingerprint density at radius 2 is 2.00 bits per heavy atom. The van der Waals surface area contributed by atoms with E-state index in [9.17, 15) is 9.59 Å². The number of hydrogen-bond acceptors (Lipinski definition) is 5. The number of carbonyl (C=O) groups is 2. The Kier molecular flexibility index (Phi) is 4.19. The molecular weight excluding hydrogens is 294 g/mol. The van der Waals surface area contributed by atoms with Crippen LogP contribution in [0.2, 0.25) is 0 Å². The van der Waals surface area contributed by atoms with Gasteiger partial charge < -0.3 is 14.7 Å². The third-order valence-electron chi connectivity index (χ3n) is 4.71. The lowest BCUT2D eigenvalue weighted by Gasteiger charge is -2.33. The lowest BCUT2D eigenvalue weighted by atomic mass is 9.88. The van der Waals surface area contributed by atoms with Crippen molar-refractivity contribution in [2.75, 3.05) is 45.2 Å². The molecule has 0 bridgehead atoms. The molecule has 2 fully saturated rings. The summed E-state index contributed by atoms with van der Waals surface area (Å²) in [7, 11) is 3.43. The van der Waals surface area contributed by atoms with Crippen LogP contribution in [0.25, 0.3) is 0 Å². The maximum absolute atomic E-state index is 12.7. The maximum atomic E-state index is 12.7. The van der Waals surface area contributed by atoms with Crippen molar-refractivity contribution < 1.29 is 9.59 Å². The molecule has 0 radical (unpaired) electrons. The van der Waals surface area contributed by atoms with E-state index in [1.807, 2.05) is 6.92 Å². The first-order valence-corrected chi connectivity index (χ1v) is 7.98. The van der Waals surface area contributed by atoms with Crippen LogP contribution in [0.3, 0.4) is 0 Å². The third kappa shape index (κ3) is 3.13. The summed E-state index contributed by atoms with van der Waals surface area (Å²) in [4.78, 5) is 38.6. The molecule has 124 valence electrons. The van der Waals surface area contributed by atoms with Crippen molar-refractivity contribution >= 4 is 17.8 Å². The molecule has 0 saturated carbocycles. The Balaban J connectivity index is 1.68. The summed E-state index contributed by atoms with van der Waals surface area (Å²) < 4.78 is 0. The van der Waals surface area contributed by atoms with Crippen molar-refractivity contribution in [3.63, 3.8) is 0 Å². The zero-order valence-corrected chi connectivity index (χ0v) is 13.9. The van der Waals surface area contributed by atoms with Crippen molar-refractivity contribution in [3.05, 3.63) is 18.0 Å². The van der Waals surface area contributed by atoms with E-state index in [0.717, 1.165) is 18.5 Å². The van der Waals surface area contributed by atoms with Gasteiger partial charge >= 0.3 is 0 Å². The molecule has 0 unspecified atom stereocenters. The van der Waals surface area contributed by atoms with E-state index in [1.165, 1.54) is 4.90 Å². The molecule has 7 nitrogen and oxygen atoms in total. The van der Waals surface area contributed by atoms with Crippen LogP contribution in [0.5, 0.6) is 0 Å². The van der Waals surface area contributed by atoms with Gasteiger partial charge in [0.2, 0.25) is 17.8 Å². The Labute approximate surface area is 136 Å². The molecule has 1 aromatic rings. The number of nitrogens with zero attached hydrogens (tertiary/aromatic N) is 5. The molecule has 2 saturated heterocycles. The fraction of sp³-hybridized carbons (Fsp3) is 0.625. The van der Waals surface area contributed by atoms with Crippen molar-refractivity contribution in [3.8, 4) is 0 Å². The second kappa shape index (κ2) is 6.14. The molecule has 0 aromatic carbocycles. The van der Waals surface area contributed by atoms with Crippen LogP contribution in [-0.4, -0.2) is 71.9 Å². The fourth-order valence-electron chi connectivity index (χ4n) is 3.28. The van der Waals surface area contributed by atoms with E-state index < -0.39 is 0 Å². The zero-order valence-electron chi connectivity index (χ0n) is 13.9. The van der Waals surface area contributed by atoms with Gasteiger partial charge in [0.25, 0.3) is 0 Å². The maximum Gasteiger partial charge on any atom is 0.241 e. The van der Waals surface area contributed by atoms with E-state index >= 15 is 0 Å². The van der Waals surface area contributed by atoms with Crippen LogP contribution in [0.4, 0.5) is 5.95 Å². The predicted molar refractivity (Wildman–Crippen MR) is 85.9 cm³/mol. The Morgan fingerprint density at radius 3 is 2.65 bits per heavy atom. The smallest absolute Gasteiger partial charge is 0.241 e. The number of piperidine rings is 1. The van der Waals surface area contributed by atoms with E-state index in [-0.39, 0.29) is 24.3 Å². The molecule has 2 atom stereocenters. The van der Waals surface area contributed by atoms with Crippen molar-refractivity contribution in [2.45, 2.75) is 13.3 Å². The summed E-state index contributed by atoms with van der Waals surface area (Å²) in [6.07, 6.45) is 4.53. The minimum Gasteiger partial charge on any atom is -0.347 e. The van der Waals surface area contributed by atoms with Crippen molar-refractivity contribution in [2.24, 2.45) is 11.8 Å². The molecule has 2 amide bonds. The van der Waals surface area contributed by atoms with Gasteiger partial charge in [0.05, 0.1) is 12.5 Å². The van der Waals surface area contributed by atoms with Crippen LogP contribution in [-0.2, 0) is 9.59 Å². The predicted octanol–water partition coefficient (Wildman–Crippen LogP) is 0.158. The Hall–Kier alpha value is -2.18. The fourth-order valence-corrected chi connectivity index (χ4v) is 3.28. The summed E-state index contributed by atoms with van der Waals surface area (Å²) in [6.45, 7) is 4.24. The molecule has 0 N–H and O–H groups in total. The SMILES string of the molecule is Cc1cnc(N2C[C@@H]3CCN(CC(=O)N(C)C)C(=O)[C@H]3C2)nc1. The first-order chi connectivity index (χ1) is 11.0. The van der Waals surface area contributed by atoms with Gasteiger partial charge in [-0.3, -0.25) is 9.59 Å². The van der Waals surface area contributed by atoms with E-state index in [0.29, 0.717) is 25.0 Å². The molecule has 2 aliphatic rings. The van der Waals surface area contributed by atoms with Crippen LogP contribution >= 0.6 is 0 Å². The minimum absolute atomic E-state index is 0.0338. The molecule has 2 aliphatic heterocycles. The molecule has 3 rings (SSSR count). The summed E-state index contributed by atoms with van der Waals surface area (Å²) >= 11 is 0. The van der Waals surface area contributed by atoms with Crippen LogP contribution in [0, 0.1) is 18.8 Å². The molecule has 0 aliphatic carbocycles. The highest BCUT2D eigenvalue weighted by Gasteiger charge is 2.43. The number of anilines is 1. The number of aromatic nitrogens is 2. The minimum atomic E-state index is -0.0522. The number of likely N-dealkylation sites (N-methyl/N-ethyl adjacent to an activating group) is 1. The first-order valence-electron chi connectivity index (χ1n) is 7.98. The highest BCUT2D eigenvalue weighted by Crippen LogP contribution is 2.33. The summed E-state index contributed by atoms with van der Waals surface area (Å²) in [6, 6.07) is 0. The number of carbonyl (C=O) groups excluding carboxylic acids is 2. The van der Waals surface area contributed by atoms with Gasteiger partial charge in [-0.1, -0.05) is 0 Å². The molecule has 3 heterocycles. The molecule has 7 heteroatoms. The van der Waals surface area contributed by atoms with Crippen LogP contribution in [0.15, 0.2) is 12.4 Å². The highest BCUT2D eigenvalue weighted by atomic mass is 16.2. The number of fused-ring (bicyclic) bond motifs is 1. The van der Waals surface area contributed by atoms with Crippen LogP contribution < -0.4 is 4.90 Å². The normalized spacial score (nSPS) is 23.9. The molecule has 1 aromatic heterocycles. The standard InChI is InChI=1S/C16H23N5O2/c1-11-6-17-16(18-7-11)21-8-12-4-5-20(10-14(22)19(2)3)15(23)13(12)9-21/h6-7,12-13H,4-5,8-10H2,1-3H3/t12-,13-/m0/s1. The van der Waals surface area contributed by atoms with Gasteiger partial charge in [0, 0.05) is 46.1 Å². The largest absolute Gasteiger partial charge is 0.347 e. The monoisotopic (exact) mass is 317 g/mol. The van der Waals surface area contributed by atoms with Gasteiger partial charge in [0.15, 0.2) is 0 Å². The molecule has 0 spiro atoms. The summed E-state index contributed by atoms with van der Waals surface area (Å²) in [5.41, 5.74) is 1.02. The third-order valence-corrected chi connectivity index (χ3v) is 4.71. The number of likely N-dealkylation sites (tertiary alicyclic amines) is 1. The number of amides is 2. The quantitative estimate of drug-likeness (QED) is 0.794. The topological polar surface area (TPSA) is 69.6 Å². The second-order valence-electron chi connectivity index (χ2n) is 6.67. The molecule has 23 heavy (non-hydrogen) atoms. The van der Waals surface area contributed by atoms with Crippen molar-refractivity contribution in [1.29, 1.82) is 0 Å². The van der Waals surface area contributed by atoms with Gasteiger partial charge in [-0.25, -0.2) is 9.97 Å². The van der Waals surface area contributed by atoms with Gasteiger partial charge in [-0.05, 0) is 24.8 Å². The van der Waals surface area contributed by atoms with Gasteiger partial charge in [-0.2, -0.15) is 0 Å². The first kappa shape index (κ1) is 15.7. The van der Waals surface area contributed by atoms with Crippen LogP contribution in [0.1, 0.15) is 12.0 Å². The highest BCUT2D eigenvalue weighted by molar-refractivity contribution is 5.87. The average Bonchev–Trinajstić information content (AvgIpc) is 2.95. The van der Waals surface area contributed by atoms with Gasteiger partial charge in [-0.15, -0.1) is 0 Å². The lowest BCUT2D eigenvalue weighted by molar-refractivity contribution is -0.145. The van der Waals surface area contributed by atoms with E-state index in [2.05, 4.69) is 14.9 Å². The Bertz CT molecular complexity index is 601. The summed E-state index contributed by atoms with van der Waals surface area (Å²) in [5, 5.41) is 0. The van der Waals surface area contributed by atoms with Crippen molar-refractivity contribution in [1.82, 2.24) is 19.8 Å². The van der Waals surface area contributed by atoms with E-state index in [1.54, 1.807) is 31.4 Å². The number of rotatable bonds is 3. The van der Waals surface area contributed by atoms with Gasteiger partial charge in [0.1, 0.15) is 0 Å². The molecular formula is C16H23N5O2. The Morgan fingerprint density at radius 1 is 1.30 bits per heavy atom. The average molecular weight is 317 g/mol. The number of aryl methyl sites for hydroxylation is 1. The zero-order chi connectivity index (χ0) is 16.6. The lowest BCUT2D eigenvalue weighted by Crippen LogP contribution is -2.49. The van der Waals surface area contributed by atoms with E-state index in [4.69, 9.17) is 0 Å². The number of hydrogen-bond donors (Lipinski definition) is 0. The second-order valence-corrected chi connectivity index (χ2v) is 6.67. The summed E-state index contributed by atoms with van der Waals surface area (Å²) in [5.74, 6) is 1.02.